The highest BCUT2D eigenvalue weighted by Gasteiger charge is 2.36. The maximum atomic E-state index is 12.5. The first-order chi connectivity index (χ1) is 13.1. The van der Waals surface area contributed by atoms with Crippen molar-refractivity contribution in [2.75, 3.05) is 10.6 Å². The van der Waals surface area contributed by atoms with Gasteiger partial charge >= 0.3 is 0 Å². The highest BCUT2D eigenvalue weighted by Crippen LogP contribution is 2.39. The number of amides is 2. The molecule has 0 saturated carbocycles. The number of hydrogen-bond acceptors (Lipinski definition) is 7. The zero-order valence-corrected chi connectivity index (χ0v) is 14.7. The van der Waals surface area contributed by atoms with Crippen molar-refractivity contribution in [2.45, 2.75) is 19.4 Å². The van der Waals surface area contributed by atoms with E-state index in [9.17, 15) is 29.8 Å². The second-order valence-electron chi connectivity index (χ2n) is 6.45. The fourth-order valence-corrected chi connectivity index (χ4v) is 2.57. The van der Waals surface area contributed by atoms with Crippen molar-refractivity contribution in [3.63, 3.8) is 0 Å². The minimum atomic E-state index is -1.10. The molecule has 144 valence electrons. The molecule has 0 saturated heterocycles. The molecule has 11 heteroatoms. The van der Waals surface area contributed by atoms with Gasteiger partial charge in [-0.2, -0.15) is 0 Å². The van der Waals surface area contributed by atoms with Gasteiger partial charge in [0, 0.05) is 12.1 Å². The van der Waals surface area contributed by atoms with E-state index in [2.05, 4.69) is 10.6 Å². The predicted octanol–water partition coefficient (Wildman–Crippen LogP) is 2.86. The van der Waals surface area contributed by atoms with Crippen LogP contribution >= 0.6 is 0 Å². The van der Waals surface area contributed by atoms with Crippen molar-refractivity contribution in [3.05, 3.63) is 62.2 Å². The van der Waals surface area contributed by atoms with Crippen LogP contribution in [0.25, 0.3) is 0 Å². The number of anilines is 2. The summed E-state index contributed by atoms with van der Waals surface area (Å²) in [6.45, 7) is 3.16. The molecule has 0 bridgehead atoms. The number of carbonyl (C=O) groups is 2. The van der Waals surface area contributed by atoms with E-state index in [1.807, 2.05) is 0 Å². The van der Waals surface area contributed by atoms with E-state index in [4.69, 9.17) is 4.74 Å². The molecule has 2 N–H and O–H groups in total. The molecule has 28 heavy (non-hydrogen) atoms. The summed E-state index contributed by atoms with van der Waals surface area (Å²) < 4.78 is 5.62. The molecule has 0 unspecified atom stereocenters. The Bertz CT molecular complexity index is 1000. The lowest BCUT2D eigenvalue weighted by Gasteiger charge is -2.32. The Kier molecular flexibility index (Phi) is 4.43. The van der Waals surface area contributed by atoms with Crippen LogP contribution in [0, 0.1) is 20.2 Å². The van der Waals surface area contributed by atoms with Gasteiger partial charge in [-0.05, 0) is 26.0 Å². The van der Waals surface area contributed by atoms with Crippen molar-refractivity contribution in [2.24, 2.45) is 0 Å². The van der Waals surface area contributed by atoms with Gasteiger partial charge in [-0.1, -0.05) is 6.07 Å². The topological polar surface area (TPSA) is 154 Å². The van der Waals surface area contributed by atoms with Gasteiger partial charge in [-0.15, -0.1) is 0 Å². The lowest BCUT2D eigenvalue weighted by Crippen LogP contribution is -2.45. The Morgan fingerprint density at radius 1 is 1.11 bits per heavy atom. The van der Waals surface area contributed by atoms with Crippen LogP contribution in [0.3, 0.4) is 0 Å². The summed E-state index contributed by atoms with van der Waals surface area (Å²) >= 11 is 0. The van der Waals surface area contributed by atoms with E-state index in [0.717, 1.165) is 18.2 Å². The van der Waals surface area contributed by atoms with E-state index >= 15 is 0 Å². The van der Waals surface area contributed by atoms with E-state index in [0.29, 0.717) is 5.75 Å². The Morgan fingerprint density at radius 2 is 1.71 bits per heavy atom. The van der Waals surface area contributed by atoms with Crippen molar-refractivity contribution in [3.8, 4) is 5.75 Å². The fraction of sp³-hybridized carbons (Fsp3) is 0.176. The number of para-hydroxylation sites is 1. The van der Waals surface area contributed by atoms with Crippen LogP contribution in [-0.2, 0) is 4.79 Å². The second kappa shape index (κ2) is 6.61. The third-order valence-corrected chi connectivity index (χ3v) is 4.01. The fourth-order valence-electron chi connectivity index (χ4n) is 2.57. The SMILES string of the molecule is CC1(C)Oc2cccc(NC(=O)c3cc([N+](=O)[O-])cc([N+](=O)[O-])c3)c2NC1=O. The number of rotatable bonds is 4. The molecule has 2 aromatic rings. The zero-order chi connectivity index (χ0) is 20.6. The number of carbonyl (C=O) groups excluding carboxylic acids is 2. The molecule has 0 spiro atoms. The number of nitro groups is 2. The van der Waals surface area contributed by atoms with Crippen LogP contribution in [0.1, 0.15) is 24.2 Å². The van der Waals surface area contributed by atoms with Gasteiger partial charge in [0.1, 0.15) is 11.4 Å². The van der Waals surface area contributed by atoms with Crippen molar-refractivity contribution in [1.29, 1.82) is 0 Å². The average Bonchev–Trinajstić information content (AvgIpc) is 2.62. The smallest absolute Gasteiger partial charge is 0.277 e. The van der Waals surface area contributed by atoms with E-state index in [1.165, 1.54) is 6.07 Å². The Morgan fingerprint density at radius 3 is 2.29 bits per heavy atom. The number of nitrogens with zero attached hydrogens (tertiary/aromatic N) is 2. The first kappa shape index (κ1) is 18.8. The largest absolute Gasteiger partial charge is 0.476 e. The van der Waals surface area contributed by atoms with Gasteiger partial charge in [0.05, 0.1) is 27.2 Å². The van der Waals surface area contributed by atoms with E-state index in [1.54, 1.807) is 26.0 Å². The minimum absolute atomic E-state index is 0.181. The normalized spacial score (nSPS) is 14.3. The van der Waals surface area contributed by atoms with E-state index < -0.39 is 38.6 Å². The Labute approximate surface area is 157 Å². The molecule has 0 aliphatic carbocycles. The standard InChI is InChI=1S/C17H14N4O7/c1-17(2)16(23)19-14-12(4-3-5-13(14)28-17)18-15(22)9-6-10(20(24)25)8-11(7-9)21(26)27/h3-8H,1-2H3,(H,18,22)(H,19,23). The maximum Gasteiger partial charge on any atom is 0.277 e. The van der Waals surface area contributed by atoms with Gasteiger partial charge in [0.2, 0.25) is 0 Å². The molecule has 2 aromatic carbocycles. The van der Waals surface area contributed by atoms with Crippen molar-refractivity contribution < 1.29 is 24.2 Å². The summed E-state index contributed by atoms with van der Waals surface area (Å²) in [5, 5.41) is 27.1. The van der Waals surface area contributed by atoms with E-state index in [-0.39, 0.29) is 16.9 Å². The number of hydrogen-bond donors (Lipinski definition) is 2. The molecular weight excluding hydrogens is 372 g/mol. The molecule has 3 rings (SSSR count). The molecule has 1 aliphatic rings. The number of fused-ring (bicyclic) bond motifs is 1. The molecule has 0 aromatic heterocycles. The molecule has 0 fully saturated rings. The summed E-state index contributed by atoms with van der Waals surface area (Å²) in [5.74, 6) is -0.917. The van der Waals surface area contributed by atoms with Crippen LogP contribution in [0.5, 0.6) is 5.75 Å². The number of benzene rings is 2. The Balaban J connectivity index is 1.96. The quantitative estimate of drug-likeness (QED) is 0.605. The van der Waals surface area contributed by atoms with Gasteiger partial charge in [-0.25, -0.2) is 0 Å². The van der Waals surface area contributed by atoms with Gasteiger partial charge in [0.15, 0.2) is 5.60 Å². The van der Waals surface area contributed by atoms with Gasteiger partial charge < -0.3 is 15.4 Å². The number of nitro benzene ring substituents is 2. The summed E-state index contributed by atoms with van der Waals surface area (Å²) in [6, 6.07) is 7.29. The monoisotopic (exact) mass is 386 g/mol. The molecule has 0 atom stereocenters. The molecule has 11 nitrogen and oxygen atoms in total. The third-order valence-electron chi connectivity index (χ3n) is 4.01. The minimum Gasteiger partial charge on any atom is -0.476 e. The molecule has 1 aliphatic heterocycles. The Hall–Kier alpha value is -4.02. The maximum absolute atomic E-state index is 12.5. The number of nitrogens with one attached hydrogen (secondary N) is 2. The predicted molar refractivity (Wildman–Crippen MR) is 97.5 cm³/mol. The summed E-state index contributed by atoms with van der Waals surface area (Å²) in [5.41, 5.74) is -2.15. The first-order valence-corrected chi connectivity index (χ1v) is 7.97. The van der Waals surface area contributed by atoms with Gasteiger partial charge in [0.25, 0.3) is 23.2 Å². The lowest BCUT2D eigenvalue weighted by molar-refractivity contribution is -0.394. The third kappa shape index (κ3) is 3.45. The molecular formula is C17H14N4O7. The first-order valence-electron chi connectivity index (χ1n) is 7.97. The highest BCUT2D eigenvalue weighted by atomic mass is 16.6. The molecule has 0 radical (unpaired) electrons. The molecule has 2 amide bonds. The summed E-state index contributed by atoms with van der Waals surface area (Å²) in [7, 11) is 0. The summed E-state index contributed by atoms with van der Waals surface area (Å²) in [4.78, 5) is 45.0. The summed E-state index contributed by atoms with van der Waals surface area (Å²) in [6.07, 6.45) is 0. The lowest BCUT2D eigenvalue weighted by atomic mass is 10.1. The average molecular weight is 386 g/mol. The van der Waals surface area contributed by atoms with Crippen LogP contribution in [0.15, 0.2) is 36.4 Å². The molecule has 1 heterocycles. The number of ether oxygens (including phenoxy) is 1. The van der Waals surface area contributed by atoms with Crippen LogP contribution in [0.4, 0.5) is 22.7 Å². The van der Waals surface area contributed by atoms with Crippen molar-refractivity contribution in [1.82, 2.24) is 0 Å². The number of non-ortho nitro benzene ring substituents is 2. The van der Waals surface area contributed by atoms with Crippen LogP contribution < -0.4 is 15.4 Å². The zero-order valence-electron chi connectivity index (χ0n) is 14.7. The highest BCUT2D eigenvalue weighted by molar-refractivity contribution is 6.10. The van der Waals surface area contributed by atoms with Crippen molar-refractivity contribution >= 4 is 34.6 Å². The second-order valence-corrected chi connectivity index (χ2v) is 6.45. The van der Waals surface area contributed by atoms with Gasteiger partial charge in [-0.3, -0.25) is 29.8 Å². The van der Waals surface area contributed by atoms with Crippen LogP contribution in [0.2, 0.25) is 0 Å². The van der Waals surface area contributed by atoms with Crippen LogP contribution in [-0.4, -0.2) is 27.3 Å².